The van der Waals surface area contributed by atoms with Crippen LogP contribution in [0.5, 0.6) is 0 Å². The van der Waals surface area contributed by atoms with Crippen molar-refractivity contribution in [3.8, 4) is 0 Å². The number of aryl methyl sites for hydroxylation is 1. The van der Waals surface area contributed by atoms with E-state index in [-0.39, 0.29) is 6.07 Å². The summed E-state index contributed by atoms with van der Waals surface area (Å²) in [6.07, 6.45) is 1.31. The smallest absolute Gasteiger partial charge is 0.185 e. The van der Waals surface area contributed by atoms with Crippen molar-refractivity contribution in [1.29, 1.82) is 0 Å². The molecule has 0 radical (unpaired) electrons. The summed E-state index contributed by atoms with van der Waals surface area (Å²) in [7, 11) is 0. The Morgan fingerprint density at radius 1 is 1.10 bits per heavy atom. The first-order chi connectivity index (χ1) is 9.47. The minimum absolute atomic E-state index is 0.192. The summed E-state index contributed by atoms with van der Waals surface area (Å²) >= 11 is 7.28. The molecule has 7 heteroatoms. The van der Waals surface area contributed by atoms with Gasteiger partial charge in [0, 0.05) is 10.9 Å². The molecule has 1 aliphatic carbocycles. The summed E-state index contributed by atoms with van der Waals surface area (Å²) in [5, 5.41) is 2.55. The number of rotatable bonds is 2. The van der Waals surface area contributed by atoms with Gasteiger partial charge in [0.1, 0.15) is 5.69 Å². The van der Waals surface area contributed by atoms with Crippen LogP contribution in [-0.4, -0.2) is 0 Å². The van der Waals surface area contributed by atoms with Crippen LogP contribution in [0, 0.1) is 23.3 Å². The fraction of sp³-hybridized carbons (Fsp3) is 0.231. The van der Waals surface area contributed by atoms with E-state index in [1.54, 1.807) is 6.07 Å². The third-order valence-electron chi connectivity index (χ3n) is 3.28. The molecule has 0 bridgehead atoms. The van der Waals surface area contributed by atoms with Gasteiger partial charge in [-0.2, -0.15) is 0 Å². The molecule has 1 nitrogen and oxygen atoms in total. The van der Waals surface area contributed by atoms with Crippen LogP contribution >= 0.6 is 22.9 Å². The van der Waals surface area contributed by atoms with Crippen molar-refractivity contribution in [2.24, 2.45) is 0 Å². The average Bonchev–Trinajstić information content (AvgIpc) is 2.92. The van der Waals surface area contributed by atoms with Crippen LogP contribution < -0.4 is 5.32 Å². The molecule has 1 atom stereocenters. The van der Waals surface area contributed by atoms with Gasteiger partial charge in [0.05, 0.1) is 10.4 Å². The first-order valence-corrected chi connectivity index (χ1v) is 7.04. The predicted molar refractivity (Wildman–Crippen MR) is 70.3 cm³/mol. The van der Waals surface area contributed by atoms with Crippen molar-refractivity contribution in [2.45, 2.75) is 18.9 Å². The number of nitrogens with one attached hydrogen (secondary N) is 1. The maximum atomic E-state index is 13.6. The van der Waals surface area contributed by atoms with E-state index >= 15 is 0 Å². The topological polar surface area (TPSA) is 12.0 Å². The molecule has 106 valence electrons. The summed E-state index contributed by atoms with van der Waals surface area (Å²) in [5.41, 5.74) is 0.0474. The van der Waals surface area contributed by atoms with Crippen molar-refractivity contribution in [1.82, 2.24) is 0 Å². The van der Waals surface area contributed by atoms with E-state index in [0.29, 0.717) is 17.2 Å². The molecule has 0 spiro atoms. The van der Waals surface area contributed by atoms with Gasteiger partial charge >= 0.3 is 0 Å². The van der Waals surface area contributed by atoms with Crippen molar-refractivity contribution in [3.05, 3.63) is 50.2 Å². The van der Waals surface area contributed by atoms with E-state index in [0.717, 1.165) is 10.4 Å². The Morgan fingerprint density at radius 2 is 1.75 bits per heavy atom. The summed E-state index contributed by atoms with van der Waals surface area (Å²) in [4.78, 5) is 1.02. The van der Waals surface area contributed by atoms with E-state index in [9.17, 15) is 17.6 Å². The van der Waals surface area contributed by atoms with Crippen LogP contribution in [0.15, 0.2) is 12.1 Å². The minimum atomic E-state index is -1.42. The second kappa shape index (κ2) is 4.93. The maximum absolute atomic E-state index is 13.6. The highest BCUT2D eigenvalue weighted by atomic mass is 35.5. The van der Waals surface area contributed by atoms with Crippen molar-refractivity contribution < 1.29 is 17.6 Å². The van der Waals surface area contributed by atoms with Crippen molar-refractivity contribution in [2.75, 3.05) is 5.32 Å². The standard InChI is InChI=1S/C13H8ClF4NS/c14-10-3-5-8(1-2-9(5)20-10)19-13-11(17)6(15)4-7(16)12(13)18/h3-4,8,19H,1-2H2. The zero-order valence-electron chi connectivity index (χ0n) is 9.94. The zero-order chi connectivity index (χ0) is 14.4. The Hall–Kier alpha value is -1.27. The minimum Gasteiger partial charge on any atom is -0.373 e. The third-order valence-corrected chi connectivity index (χ3v) is 4.62. The number of hydrogen-bond acceptors (Lipinski definition) is 2. The van der Waals surface area contributed by atoms with E-state index in [1.807, 2.05) is 0 Å². The van der Waals surface area contributed by atoms with Gasteiger partial charge in [-0.25, -0.2) is 17.6 Å². The maximum Gasteiger partial charge on any atom is 0.185 e. The van der Waals surface area contributed by atoms with Gasteiger partial charge in [0.2, 0.25) is 0 Å². The Balaban J connectivity index is 1.97. The second-order valence-corrected chi connectivity index (χ2v) is 6.28. The van der Waals surface area contributed by atoms with Gasteiger partial charge < -0.3 is 5.32 Å². The molecular formula is C13H8ClF4NS. The first kappa shape index (κ1) is 13.7. The Kier molecular flexibility index (Phi) is 3.38. The third kappa shape index (κ3) is 2.16. The summed E-state index contributed by atoms with van der Waals surface area (Å²) in [5.74, 6) is -5.68. The monoisotopic (exact) mass is 321 g/mol. The average molecular weight is 322 g/mol. The Bertz CT molecular complexity index is 659. The molecule has 1 unspecified atom stereocenters. The van der Waals surface area contributed by atoms with Gasteiger partial charge in [-0.3, -0.25) is 0 Å². The lowest BCUT2D eigenvalue weighted by Gasteiger charge is -2.16. The number of thiophene rings is 1. The molecule has 0 saturated heterocycles. The lowest BCUT2D eigenvalue weighted by molar-refractivity contribution is 0.456. The van der Waals surface area contributed by atoms with E-state index in [4.69, 9.17) is 11.6 Å². The van der Waals surface area contributed by atoms with Crippen LogP contribution in [0.4, 0.5) is 23.2 Å². The number of hydrogen-bond donors (Lipinski definition) is 1. The summed E-state index contributed by atoms with van der Waals surface area (Å²) < 4.78 is 54.1. The molecule has 0 aliphatic heterocycles. The molecule has 20 heavy (non-hydrogen) atoms. The quantitative estimate of drug-likeness (QED) is 0.602. The molecule has 0 amide bonds. The van der Waals surface area contributed by atoms with Crippen molar-refractivity contribution >= 4 is 28.6 Å². The predicted octanol–water partition coefficient (Wildman–Crippen LogP) is 5.06. The molecule has 3 rings (SSSR count). The van der Waals surface area contributed by atoms with Crippen LogP contribution in [0.2, 0.25) is 4.34 Å². The van der Waals surface area contributed by atoms with Gasteiger partial charge in [0.25, 0.3) is 0 Å². The summed E-state index contributed by atoms with van der Waals surface area (Å²) in [6, 6.07) is 1.49. The molecule has 1 aromatic heterocycles. The Labute approximate surface area is 121 Å². The van der Waals surface area contributed by atoms with Gasteiger partial charge in [-0.05, 0) is 24.5 Å². The van der Waals surface area contributed by atoms with E-state index < -0.39 is 35.0 Å². The van der Waals surface area contributed by atoms with Gasteiger partial charge in [-0.15, -0.1) is 11.3 Å². The molecule has 1 heterocycles. The molecule has 1 aromatic carbocycles. The van der Waals surface area contributed by atoms with Crippen LogP contribution in [0.1, 0.15) is 22.9 Å². The molecule has 1 N–H and O–H groups in total. The first-order valence-electron chi connectivity index (χ1n) is 5.85. The highest BCUT2D eigenvalue weighted by Gasteiger charge is 2.28. The normalized spacial score (nSPS) is 17.4. The molecule has 0 fully saturated rings. The molecule has 1 aliphatic rings. The number of fused-ring (bicyclic) bond motifs is 1. The highest BCUT2D eigenvalue weighted by molar-refractivity contribution is 7.16. The molecule has 2 aromatic rings. The SMILES string of the molecule is Fc1cc(F)c(F)c(NC2CCc3sc(Cl)cc32)c1F. The number of halogens is 5. The number of benzene rings is 1. The summed E-state index contributed by atoms with van der Waals surface area (Å²) in [6.45, 7) is 0. The van der Waals surface area contributed by atoms with E-state index in [1.165, 1.54) is 11.3 Å². The lowest BCUT2D eigenvalue weighted by atomic mass is 10.1. The molecular weight excluding hydrogens is 314 g/mol. The second-order valence-electron chi connectivity index (χ2n) is 4.51. The number of anilines is 1. The fourth-order valence-electron chi connectivity index (χ4n) is 2.35. The molecule has 0 saturated carbocycles. The zero-order valence-corrected chi connectivity index (χ0v) is 11.5. The van der Waals surface area contributed by atoms with Crippen LogP contribution in [0.3, 0.4) is 0 Å². The van der Waals surface area contributed by atoms with E-state index in [2.05, 4.69) is 5.32 Å². The fourth-order valence-corrected chi connectivity index (χ4v) is 3.71. The lowest BCUT2D eigenvalue weighted by Crippen LogP contribution is -2.12. The van der Waals surface area contributed by atoms with Gasteiger partial charge in [0.15, 0.2) is 23.3 Å². The van der Waals surface area contributed by atoms with Crippen LogP contribution in [0.25, 0.3) is 0 Å². The van der Waals surface area contributed by atoms with Gasteiger partial charge in [-0.1, -0.05) is 11.6 Å². The highest BCUT2D eigenvalue weighted by Crippen LogP contribution is 2.41. The Morgan fingerprint density at radius 3 is 2.40 bits per heavy atom. The van der Waals surface area contributed by atoms with Crippen molar-refractivity contribution in [3.63, 3.8) is 0 Å². The van der Waals surface area contributed by atoms with Crippen LogP contribution in [-0.2, 0) is 6.42 Å². The largest absolute Gasteiger partial charge is 0.373 e.